The van der Waals surface area contributed by atoms with Gasteiger partial charge in [0.25, 0.3) is 0 Å². The van der Waals surface area contributed by atoms with Gasteiger partial charge in [0.15, 0.2) is 5.82 Å². The van der Waals surface area contributed by atoms with Crippen LogP contribution in [0.1, 0.15) is 5.56 Å². The third-order valence-corrected chi connectivity index (χ3v) is 2.89. The van der Waals surface area contributed by atoms with E-state index in [1.807, 2.05) is 24.3 Å². The molecule has 122 valence electrons. The van der Waals surface area contributed by atoms with Gasteiger partial charge in [0.05, 0.1) is 20.4 Å². The number of ether oxygens (including phenoxy) is 2. The molecule has 1 aromatic carbocycles. The van der Waals surface area contributed by atoms with Gasteiger partial charge in [-0.05, 0) is 17.7 Å². The zero-order valence-electron chi connectivity index (χ0n) is 12.8. The lowest BCUT2D eigenvalue weighted by Gasteiger charge is -2.06. The van der Waals surface area contributed by atoms with E-state index in [4.69, 9.17) is 4.74 Å². The molecule has 0 aliphatic carbocycles. The lowest BCUT2D eigenvalue weighted by atomic mass is 10.2. The van der Waals surface area contributed by atoms with Gasteiger partial charge >= 0.3 is 6.09 Å². The summed E-state index contributed by atoms with van der Waals surface area (Å²) in [6, 6.07) is 7.37. The predicted octanol–water partition coefficient (Wildman–Crippen LogP) is 0.781. The van der Waals surface area contributed by atoms with Crippen LogP contribution in [0.2, 0.25) is 0 Å². The quantitative estimate of drug-likeness (QED) is 0.815. The molecule has 0 aliphatic rings. The molecule has 0 bridgehead atoms. The third kappa shape index (κ3) is 4.99. The summed E-state index contributed by atoms with van der Waals surface area (Å²) in [4.78, 5) is 24.0. The Morgan fingerprint density at radius 1 is 1.22 bits per heavy atom. The van der Waals surface area contributed by atoms with Crippen LogP contribution in [0.25, 0.3) is 0 Å². The number of nitrogens with one attached hydrogen (secondary N) is 2. The summed E-state index contributed by atoms with van der Waals surface area (Å²) >= 11 is 0. The van der Waals surface area contributed by atoms with Crippen molar-refractivity contribution in [3.63, 3.8) is 0 Å². The molecule has 0 saturated heterocycles. The van der Waals surface area contributed by atoms with Crippen LogP contribution in [0.4, 0.5) is 10.6 Å². The molecule has 0 saturated carbocycles. The molecule has 0 aliphatic heterocycles. The zero-order chi connectivity index (χ0) is 16.7. The van der Waals surface area contributed by atoms with Crippen LogP contribution in [0, 0.1) is 0 Å². The van der Waals surface area contributed by atoms with Crippen molar-refractivity contribution in [2.75, 3.05) is 19.5 Å². The van der Waals surface area contributed by atoms with Gasteiger partial charge in [-0.15, -0.1) is 5.10 Å². The number of methoxy groups -OCH3 is 2. The molecule has 0 atom stereocenters. The molecule has 9 nitrogen and oxygen atoms in total. The Kier molecular flexibility index (Phi) is 5.50. The summed E-state index contributed by atoms with van der Waals surface area (Å²) in [7, 11) is 2.84. The van der Waals surface area contributed by atoms with E-state index in [9.17, 15) is 9.59 Å². The number of hydrogen-bond donors (Lipinski definition) is 2. The second kappa shape index (κ2) is 7.78. The normalized spacial score (nSPS) is 10.0. The Hall–Kier alpha value is -3.10. The van der Waals surface area contributed by atoms with E-state index >= 15 is 0 Å². The number of nitrogens with zero attached hydrogens (tertiary/aromatic N) is 3. The van der Waals surface area contributed by atoms with Crippen molar-refractivity contribution in [3.05, 3.63) is 36.0 Å². The molecular weight excluding hydrogens is 302 g/mol. The molecule has 2 rings (SSSR count). The number of aromatic nitrogens is 3. The largest absolute Gasteiger partial charge is 0.497 e. The highest BCUT2D eigenvalue weighted by atomic mass is 16.5. The highest BCUT2D eigenvalue weighted by Gasteiger charge is 2.08. The van der Waals surface area contributed by atoms with Gasteiger partial charge in [-0.25, -0.2) is 4.79 Å². The molecule has 9 heteroatoms. The molecule has 0 spiro atoms. The smallest absolute Gasteiger partial charge is 0.412 e. The average Bonchev–Trinajstić information content (AvgIpc) is 3.00. The number of rotatable bonds is 6. The SMILES string of the molecule is COC(=O)Nc1cnn(CC(=O)NCc2ccc(OC)cc2)n1. The Balaban J connectivity index is 1.81. The van der Waals surface area contributed by atoms with Crippen LogP contribution < -0.4 is 15.4 Å². The highest BCUT2D eigenvalue weighted by molar-refractivity contribution is 5.82. The minimum Gasteiger partial charge on any atom is -0.497 e. The monoisotopic (exact) mass is 319 g/mol. The van der Waals surface area contributed by atoms with Gasteiger partial charge in [0.2, 0.25) is 5.91 Å². The number of anilines is 1. The van der Waals surface area contributed by atoms with Crippen molar-refractivity contribution in [1.82, 2.24) is 20.3 Å². The zero-order valence-corrected chi connectivity index (χ0v) is 12.8. The predicted molar refractivity (Wildman–Crippen MR) is 80.9 cm³/mol. The average molecular weight is 319 g/mol. The Morgan fingerprint density at radius 3 is 2.61 bits per heavy atom. The molecule has 0 fully saturated rings. The summed E-state index contributed by atoms with van der Waals surface area (Å²) in [6.07, 6.45) is 0.675. The Morgan fingerprint density at radius 2 is 1.96 bits per heavy atom. The molecule has 0 unspecified atom stereocenters. The minimum absolute atomic E-state index is 0.0565. The van der Waals surface area contributed by atoms with Crippen molar-refractivity contribution in [2.24, 2.45) is 0 Å². The molecule has 2 aromatic rings. The summed E-state index contributed by atoms with van der Waals surface area (Å²) in [5, 5.41) is 12.9. The van der Waals surface area contributed by atoms with E-state index in [1.54, 1.807) is 7.11 Å². The maximum absolute atomic E-state index is 11.8. The first-order valence-electron chi connectivity index (χ1n) is 6.75. The fourth-order valence-electron chi connectivity index (χ4n) is 1.71. The standard InChI is InChI=1S/C14H17N5O4/c1-22-11-5-3-10(4-6-11)7-15-13(20)9-19-16-8-12(18-19)17-14(21)23-2/h3-6,8H,7,9H2,1-2H3,(H,15,20)(H,17,18,21). The second-order valence-electron chi connectivity index (χ2n) is 4.50. The van der Waals surface area contributed by atoms with E-state index < -0.39 is 6.09 Å². The van der Waals surface area contributed by atoms with Crippen LogP contribution in [0.5, 0.6) is 5.75 Å². The van der Waals surface area contributed by atoms with Crippen LogP contribution in [-0.2, 0) is 22.6 Å². The molecule has 23 heavy (non-hydrogen) atoms. The van der Waals surface area contributed by atoms with Gasteiger partial charge in [-0.2, -0.15) is 9.90 Å². The first kappa shape index (κ1) is 16.3. The van der Waals surface area contributed by atoms with E-state index in [2.05, 4.69) is 25.6 Å². The van der Waals surface area contributed by atoms with Gasteiger partial charge in [-0.3, -0.25) is 10.1 Å². The van der Waals surface area contributed by atoms with Crippen LogP contribution in [0.3, 0.4) is 0 Å². The molecule has 1 aromatic heterocycles. The van der Waals surface area contributed by atoms with E-state index in [0.29, 0.717) is 6.54 Å². The number of amides is 2. The van der Waals surface area contributed by atoms with Gasteiger partial charge in [0.1, 0.15) is 12.3 Å². The maximum atomic E-state index is 11.8. The first-order chi connectivity index (χ1) is 11.1. The van der Waals surface area contributed by atoms with Crippen LogP contribution in [-0.4, -0.2) is 41.2 Å². The van der Waals surface area contributed by atoms with Crippen LogP contribution in [0.15, 0.2) is 30.5 Å². The lowest BCUT2D eigenvalue weighted by Crippen LogP contribution is -2.28. The molecule has 2 N–H and O–H groups in total. The molecule has 1 heterocycles. The number of benzene rings is 1. The van der Waals surface area contributed by atoms with Gasteiger partial charge < -0.3 is 14.8 Å². The summed E-state index contributed by atoms with van der Waals surface area (Å²) in [5.41, 5.74) is 0.945. The number of hydrogen-bond acceptors (Lipinski definition) is 6. The molecule has 0 radical (unpaired) electrons. The fraction of sp³-hybridized carbons (Fsp3) is 0.286. The maximum Gasteiger partial charge on any atom is 0.412 e. The van der Waals surface area contributed by atoms with Crippen molar-refractivity contribution in [2.45, 2.75) is 13.1 Å². The topological polar surface area (TPSA) is 107 Å². The number of carbonyl (C=O) groups is 2. The Labute approximate surface area is 132 Å². The van der Waals surface area contributed by atoms with Gasteiger partial charge in [0, 0.05) is 6.54 Å². The summed E-state index contributed by atoms with van der Waals surface area (Å²) < 4.78 is 9.50. The van der Waals surface area contributed by atoms with Gasteiger partial charge in [-0.1, -0.05) is 12.1 Å². The summed E-state index contributed by atoms with van der Waals surface area (Å²) in [6.45, 7) is 0.330. The minimum atomic E-state index is -0.652. The fourth-order valence-corrected chi connectivity index (χ4v) is 1.71. The van der Waals surface area contributed by atoms with E-state index in [0.717, 1.165) is 11.3 Å². The van der Waals surface area contributed by atoms with Crippen LogP contribution >= 0.6 is 0 Å². The Bertz CT molecular complexity index is 668. The molecular formula is C14H17N5O4. The van der Waals surface area contributed by atoms with Crippen molar-refractivity contribution in [1.29, 1.82) is 0 Å². The first-order valence-corrected chi connectivity index (χ1v) is 6.75. The van der Waals surface area contributed by atoms with Crippen molar-refractivity contribution >= 4 is 17.8 Å². The van der Waals surface area contributed by atoms with Crippen molar-refractivity contribution < 1.29 is 19.1 Å². The number of carbonyl (C=O) groups excluding carboxylic acids is 2. The van der Waals surface area contributed by atoms with Crippen molar-refractivity contribution in [3.8, 4) is 5.75 Å². The lowest BCUT2D eigenvalue weighted by molar-refractivity contribution is -0.122. The van der Waals surface area contributed by atoms with E-state index in [1.165, 1.54) is 18.1 Å². The molecule has 2 amide bonds. The second-order valence-corrected chi connectivity index (χ2v) is 4.50. The van der Waals surface area contributed by atoms with E-state index in [-0.39, 0.29) is 18.3 Å². The summed E-state index contributed by atoms with van der Waals surface area (Å²) in [5.74, 6) is 0.715. The third-order valence-electron chi connectivity index (χ3n) is 2.89. The highest BCUT2D eigenvalue weighted by Crippen LogP contribution is 2.10.